The lowest BCUT2D eigenvalue weighted by Gasteiger charge is -2.37. The summed E-state index contributed by atoms with van der Waals surface area (Å²) in [6, 6.07) is 1.26. The van der Waals surface area contributed by atoms with E-state index >= 15 is 0 Å². The summed E-state index contributed by atoms with van der Waals surface area (Å²) in [5.74, 6) is -0.267. The van der Waals surface area contributed by atoms with E-state index in [4.69, 9.17) is 0 Å². The Hall–Kier alpha value is -1.89. The fourth-order valence-electron chi connectivity index (χ4n) is 2.72. The maximum Gasteiger partial charge on any atom is 0.287 e. The summed E-state index contributed by atoms with van der Waals surface area (Å²) >= 11 is 0. The molecular weight excluding hydrogens is 274 g/mol. The zero-order chi connectivity index (χ0) is 15.8. The van der Waals surface area contributed by atoms with Crippen molar-refractivity contribution < 1.29 is 14.8 Å². The Balaban J connectivity index is 2.32. The van der Waals surface area contributed by atoms with Crippen molar-refractivity contribution in [3.05, 3.63) is 28.1 Å². The van der Waals surface area contributed by atoms with Crippen LogP contribution in [0.2, 0.25) is 0 Å². The van der Waals surface area contributed by atoms with Gasteiger partial charge in [-0.2, -0.15) is 0 Å². The van der Waals surface area contributed by atoms with Crippen LogP contribution in [0.5, 0.6) is 0 Å². The van der Waals surface area contributed by atoms with Gasteiger partial charge in [0.2, 0.25) is 0 Å². The Bertz CT molecular complexity index is 563. The molecule has 1 aromatic rings. The number of aliphatic hydroxyl groups is 1. The van der Waals surface area contributed by atoms with E-state index < -0.39 is 10.5 Å². The average molecular weight is 295 g/mol. The lowest BCUT2D eigenvalue weighted by atomic mass is 9.95. The molecule has 1 aliphatic heterocycles. The summed E-state index contributed by atoms with van der Waals surface area (Å²) < 4.78 is 1.61. The molecule has 1 amide bonds. The van der Waals surface area contributed by atoms with Crippen LogP contribution in [0.15, 0.2) is 12.3 Å². The van der Waals surface area contributed by atoms with Gasteiger partial charge in [-0.05, 0) is 33.6 Å². The van der Waals surface area contributed by atoms with E-state index in [1.807, 2.05) is 13.8 Å². The summed E-state index contributed by atoms with van der Waals surface area (Å²) in [6.45, 7) is 6.26. The van der Waals surface area contributed by atoms with Crippen molar-refractivity contribution in [3.8, 4) is 0 Å². The third-order valence-corrected chi connectivity index (χ3v) is 3.78. The second-order valence-electron chi connectivity index (χ2n) is 6.17. The van der Waals surface area contributed by atoms with E-state index in [1.54, 1.807) is 16.4 Å². The van der Waals surface area contributed by atoms with Crippen LogP contribution in [0.25, 0.3) is 0 Å². The van der Waals surface area contributed by atoms with Crippen LogP contribution in [0.4, 0.5) is 5.69 Å². The van der Waals surface area contributed by atoms with Crippen LogP contribution < -0.4 is 0 Å². The highest BCUT2D eigenvalue weighted by molar-refractivity contribution is 5.93. The number of carbonyl (C=O) groups excluding carboxylic acids is 1. The van der Waals surface area contributed by atoms with Crippen LogP contribution in [0.1, 0.15) is 50.1 Å². The quantitative estimate of drug-likeness (QED) is 0.682. The molecule has 2 rings (SSSR count). The van der Waals surface area contributed by atoms with Gasteiger partial charge in [0.05, 0.1) is 16.7 Å². The van der Waals surface area contributed by atoms with E-state index in [9.17, 15) is 20.0 Å². The van der Waals surface area contributed by atoms with Crippen LogP contribution in [-0.2, 0) is 0 Å². The van der Waals surface area contributed by atoms with E-state index in [0.29, 0.717) is 18.7 Å². The third kappa shape index (κ3) is 3.24. The van der Waals surface area contributed by atoms with Crippen molar-refractivity contribution in [2.75, 3.05) is 13.1 Å². The molecule has 116 valence electrons. The first-order chi connectivity index (χ1) is 9.71. The largest absolute Gasteiger partial charge is 0.388 e. The minimum absolute atomic E-state index is 0.0528. The predicted molar refractivity (Wildman–Crippen MR) is 77.2 cm³/mol. The number of nitrogens with zero attached hydrogens (tertiary/aromatic N) is 3. The highest BCUT2D eigenvalue weighted by Gasteiger charge is 2.33. The molecule has 1 aromatic heterocycles. The van der Waals surface area contributed by atoms with Gasteiger partial charge in [-0.25, -0.2) is 0 Å². The number of hydrogen-bond donors (Lipinski definition) is 1. The molecule has 1 atom stereocenters. The maximum atomic E-state index is 12.6. The van der Waals surface area contributed by atoms with Crippen molar-refractivity contribution in [1.82, 2.24) is 9.47 Å². The molecule has 0 radical (unpaired) electrons. The normalized spacial score (nSPS) is 22.6. The Labute approximate surface area is 123 Å². The summed E-state index contributed by atoms with van der Waals surface area (Å²) in [7, 11) is 0. The zero-order valence-electron chi connectivity index (χ0n) is 12.6. The Kier molecular flexibility index (Phi) is 4.04. The number of piperidine rings is 1. The minimum Gasteiger partial charge on any atom is -0.388 e. The Morgan fingerprint density at radius 1 is 1.52 bits per heavy atom. The predicted octanol–water partition coefficient (Wildman–Crippen LogP) is 1.96. The smallest absolute Gasteiger partial charge is 0.287 e. The van der Waals surface area contributed by atoms with Crippen molar-refractivity contribution in [1.29, 1.82) is 0 Å². The average Bonchev–Trinajstić information content (AvgIpc) is 2.81. The SMILES string of the molecule is CC(C)n1cc([N+](=O)[O-])cc1C(=O)N1CCCC(C)(O)C1. The van der Waals surface area contributed by atoms with Crippen LogP contribution >= 0.6 is 0 Å². The van der Waals surface area contributed by atoms with Gasteiger partial charge in [0.25, 0.3) is 11.6 Å². The third-order valence-electron chi connectivity index (χ3n) is 3.78. The van der Waals surface area contributed by atoms with Crippen LogP contribution in [0.3, 0.4) is 0 Å². The van der Waals surface area contributed by atoms with Crippen molar-refractivity contribution >= 4 is 11.6 Å². The number of nitro groups is 1. The van der Waals surface area contributed by atoms with Gasteiger partial charge in [-0.3, -0.25) is 14.9 Å². The molecule has 2 heterocycles. The Morgan fingerprint density at radius 2 is 2.19 bits per heavy atom. The molecule has 0 aromatic carbocycles. The highest BCUT2D eigenvalue weighted by Crippen LogP contribution is 2.25. The molecule has 1 unspecified atom stereocenters. The molecule has 0 aliphatic carbocycles. The van der Waals surface area contributed by atoms with E-state index in [1.165, 1.54) is 12.3 Å². The summed E-state index contributed by atoms with van der Waals surface area (Å²) in [6.07, 6.45) is 2.77. The lowest BCUT2D eigenvalue weighted by molar-refractivity contribution is -0.384. The minimum atomic E-state index is -0.894. The zero-order valence-corrected chi connectivity index (χ0v) is 12.6. The first-order valence-corrected chi connectivity index (χ1v) is 7.09. The van der Waals surface area contributed by atoms with Gasteiger partial charge >= 0.3 is 0 Å². The molecule has 1 saturated heterocycles. The second kappa shape index (κ2) is 5.48. The molecule has 7 heteroatoms. The van der Waals surface area contributed by atoms with E-state index in [2.05, 4.69) is 0 Å². The van der Waals surface area contributed by atoms with Crippen molar-refractivity contribution in [2.24, 2.45) is 0 Å². The summed E-state index contributed by atoms with van der Waals surface area (Å²) in [5, 5.41) is 21.0. The Morgan fingerprint density at radius 3 is 2.71 bits per heavy atom. The van der Waals surface area contributed by atoms with Crippen molar-refractivity contribution in [2.45, 2.75) is 45.3 Å². The monoisotopic (exact) mass is 295 g/mol. The summed E-state index contributed by atoms with van der Waals surface area (Å²) in [4.78, 5) is 24.6. The molecule has 1 aliphatic rings. The number of likely N-dealkylation sites (tertiary alicyclic amines) is 1. The first-order valence-electron chi connectivity index (χ1n) is 7.09. The number of rotatable bonds is 3. The maximum absolute atomic E-state index is 12.6. The molecular formula is C14H21N3O4. The second-order valence-corrected chi connectivity index (χ2v) is 6.17. The molecule has 1 fully saturated rings. The topological polar surface area (TPSA) is 88.6 Å². The van der Waals surface area contributed by atoms with Crippen molar-refractivity contribution in [3.63, 3.8) is 0 Å². The molecule has 7 nitrogen and oxygen atoms in total. The fourth-order valence-corrected chi connectivity index (χ4v) is 2.72. The van der Waals surface area contributed by atoms with E-state index in [-0.39, 0.29) is 24.2 Å². The first kappa shape index (κ1) is 15.5. The molecule has 21 heavy (non-hydrogen) atoms. The number of hydrogen-bond acceptors (Lipinski definition) is 4. The van der Waals surface area contributed by atoms with Gasteiger partial charge in [-0.1, -0.05) is 0 Å². The number of aromatic nitrogens is 1. The fraction of sp³-hybridized carbons (Fsp3) is 0.643. The summed E-state index contributed by atoms with van der Waals surface area (Å²) in [5.41, 5.74) is -0.681. The van der Waals surface area contributed by atoms with Gasteiger partial charge in [-0.15, -0.1) is 0 Å². The number of β-amino-alcohol motifs (C(OH)–C–C–N with tert-alkyl or cyclic N) is 1. The van der Waals surface area contributed by atoms with Gasteiger partial charge < -0.3 is 14.6 Å². The van der Waals surface area contributed by atoms with Gasteiger partial charge in [0.1, 0.15) is 5.69 Å². The molecule has 0 spiro atoms. The van der Waals surface area contributed by atoms with E-state index in [0.717, 1.165) is 6.42 Å². The van der Waals surface area contributed by atoms with Crippen LogP contribution in [-0.4, -0.2) is 44.1 Å². The van der Waals surface area contributed by atoms with Crippen LogP contribution in [0, 0.1) is 10.1 Å². The number of amides is 1. The lowest BCUT2D eigenvalue weighted by Crippen LogP contribution is -2.49. The standard InChI is InChI=1S/C14H21N3O4/c1-10(2)16-8-11(17(20)21)7-12(16)13(18)15-6-4-5-14(3,19)9-15/h7-8,10,19H,4-6,9H2,1-3H3. The van der Waals surface area contributed by atoms with Gasteiger partial charge in [0.15, 0.2) is 0 Å². The highest BCUT2D eigenvalue weighted by atomic mass is 16.6. The number of carbonyl (C=O) groups is 1. The molecule has 0 bridgehead atoms. The molecule has 1 N–H and O–H groups in total. The molecule has 0 saturated carbocycles. The van der Waals surface area contributed by atoms with Gasteiger partial charge in [0, 0.05) is 25.2 Å².